The number of anilines is 1. The van der Waals surface area contributed by atoms with Gasteiger partial charge in [0.25, 0.3) is 5.91 Å². The maximum Gasteiger partial charge on any atom is 0.316 e. The predicted octanol–water partition coefficient (Wildman–Crippen LogP) is 3.20. The fraction of sp³-hybridized carbons (Fsp3) is 0.300. The largest absolute Gasteiger partial charge is 0.455 e. The second kappa shape index (κ2) is 9.42. The average molecular weight is 414 g/mol. The first-order chi connectivity index (χ1) is 13.9. The van der Waals surface area contributed by atoms with Crippen LogP contribution < -0.4 is 5.32 Å². The van der Waals surface area contributed by atoms with Crippen LogP contribution in [0.2, 0.25) is 0 Å². The van der Waals surface area contributed by atoms with Crippen LogP contribution in [0.4, 0.5) is 5.82 Å². The second-order valence-corrected chi connectivity index (χ2v) is 7.41. The van der Waals surface area contributed by atoms with Gasteiger partial charge in [-0.25, -0.2) is 4.68 Å². The summed E-state index contributed by atoms with van der Waals surface area (Å²) in [5.74, 6) is 1.11. The molecule has 3 rings (SSSR count). The number of hydrogen-bond acceptors (Lipinski definition) is 7. The Hall–Kier alpha value is -3.07. The molecule has 1 aromatic carbocycles. The number of hydrogen-bond donors (Lipinski definition) is 1. The SMILES string of the molecule is Cc1cc(NC(=O)COC(=O)CSCc2c(C)noc2C)n(-c2ccccc2)n1. The van der Waals surface area contributed by atoms with Crippen LogP contribution in [0.5, 0.6) is 0 Å². The molecule has 0 aliphatic heterocycles. The zero-order valence-electron chi connectivity index (χ0n) is 16.5. The average Bonchev–Trinajstić information content (AvgIpc) is 3.23. The van der Waals surface area contributed by atoms with E-state index in [1.54, 1.807) is 10.7 Å². The summed E-state index contributed by atoms with van der Waals surface area (Å²) >= 11 is 1.39. The lowest BCUT2D eigenvalue weighted by molar-refractivity contribution is -0.144. The third-order valence-corrected chi connectivity index (χ3v) is 5.04. The molecule has 0 saturated heterocycles. The molecule has 152 valence electrons. The van der Waals surface area contributed by atoms with Crippen LogP contribution in [-0.2, 0) is 20.1 Å². The maximum atomic E-state index is 12.2. The normalized spacial score (nSPS) is 10.7. The van der Waals surface area contributed by atoms with Crippen molar-refractivity contribution in [2.75, 3.05) is 17.7 Å². The number of thioether (sulfide) groups is 1. The lowest BCUT2D eigenvalue weighted by Gasteiger charge is -2.09. The van der Waals surface area contributed by atoms with E-state index >= 15 is 0 Å². The van der Waals surface area contributed by atoms with Crippen molar-refractivity contribution in [2.45, 2.75) is 26.5 Å². The molecule has 0 bridgehead atoms. The summed E-state index contributed by atoms with van der Waals surface area (Å²) in [6.45, 7) is 5.17. The zero-order valence-corrected chi connectivity index (χ0v) is 17.3. The maximum absolute atomic E-state index is 12.2. The van der Waals surface area contributed by atoms with Crippen LogP contribution in [0.25, 0.3) is 5.69 Å². The van der Waals surface area contributed by atoms with Crippen molar-refractivity contribution in [1.29, 1.82) is 0 Å². The van der Waals surface area contributed by atoms with Crippen molar-refractivity contribution in [3.63, 3.8) is 0 Å². The van der Waals surface area contributed by atoms with Gasteiger partial charge in [-0.3, -0.25) is 9.59 Å². The molecule has 0 unspecified atom stereocenters. The quantitative estimate of drug-likeness (QED) is 0.565. The molecular formula is C20H22N4O4S. The van der Waals surface area contributed by atoms with Crippen molar-refractivity contribution < 1.29 is 18.8 Å². The minimum Gasteiger partial charge on any atom is -0.455 e. The Morgan fingerprint density at radius 2 is 1.97 bits per heavy atom. The van der Waals surface area contributed by atoms with Crippen LogP contribution >= 0.6 is 11.8 Å². The molecule has 0 saturated carbocycles. The highest BCUT2D eigenvalue weighted by molar-refractivity contribution is 7.99. The molecule has 0 aliphatic carbocycles. The van der Waals surface area contributed by atoms with Crippen LogP contribution in [0, 0.1) is 20.8 Å². The summed E-state index contributed by atoms with van der Waals surface area (Å²) in [7, 11) is 0. The Labute approximate surface area is 172 Å². The number of aromatic nitrogens is 3. The molecule has 9 heteroatoms. The Balaban J connectivity index is 1.47. The lowest BCUT2D eigenvalue weighted by atomic mass is 10.2. The van der Waals surface area contributed by atoms with E-state index in [1.807, 2.05) is 51.1 Å². The van der Waals surface area contributed by atoms with E-state index in [9.17, 15) is 9.59 Å². The Bertz CT molecular complexity index is 978. The van der Waals surface area contributed by atoms with E-state index in [4.69, 9.17) is 9.26 Å². The topological polar surface area (TPSA) is 99.2 Å². The number of rotatable bonds is 8. The Kier molecular flexibility index (Phi) is 6.71. The van der Waals surface area contributed by atoms with Crippen LogP contribution in [0.3, 0.4) is 0 Å². The number of benzene rings is 1. The minimum atomic E-state index is -0.454. The molecule has 0 atom stereocenters. The van der Waals surface area contributed by atoms with Crippen molar-refractivity contribution >= 4 is 29.5 Å². The molecule has 3 aromatic rings. The Morgan fingerprint density at radius 1 is 1.21 bits per heavy atom. The van der Waals surface area contributed by atoms with Crippen LogP contribution in [-0.4, -0.2) is 39.2 Å². The van der Waals surface area contributed by atoms with Crippen LogP contribution in [0.1, 0.15) is 22.7 Å². The molecule has 8 nitrogen and oxygen atoms in total. The molecule has 29 heavy (non-hydrogen) atoms. The monoisotopic (exact) mass is 414 g/mol. The Morgan fingerprint density at radius 3 is 2.66 bits per heavy atom. The molecule has 2 aromatic heterocycles. The summed E-state index contributed by atoms with van der Waals surface area (Å²) in [6.07, 6.45) is 0. The predicted molar refractivity (Wildman–Crippen MR) is 110 cm³/mol. The first-order valence-corrected chi connectivity index (χ1v) is 10.2. The number of aryl methyl sites for hydroxylation is 3. The molecule has 1 N–H and O–H groups in total. The summed E-state index contributed by atoms with van der Waals surface area (Å²) in [5, 5.41) is 11.0. The number of esters is 1. The highest BCUT2D eigenvalue weighted by atomic mass is 32.2. The van der Waals surface area contributed by atoms with E-state index in [0.717, 1.165) is 28.4 Å². The van der Waals surface area contributed by atoms with Crippen molar-refractivity contribution in [2.24, 2.45) is 0 Å². The number of carbonyl (C=O) groups is 2. The number of ether oxygens (including phenoxy) is 1. The number of nitrogens with zero attached hydrogens (tertiary/aromatic N) is 3. The highest BCUT2D eigenvalue weighted by Gasteiger charge is 2.14. The molecule has 0 radical (unpaired) electrons. The molecular weight excluding hydrogens is 392 g/mol. The number of nitrogens with one attached hydrogen (secondary N) is 1. The van der Waals surface area contributed by atoms with Gasteiger partial charge in [0.1, 0.15) is 11.6 Å². The standard InChI is InChI=1S/C20H22N4O4S/c1-13-9-18(24(22-13)16-7-5-4-6-8-16)21-19(25)10-27-20(26)12-29-11-17-14(2)23-28-15(17)3/h4-9H,10-12H2,1-3H3,(H,21,25). The minimum absolute atomic E-state index is 0.137. The number of carbonyl (C=O) groups excluding carboxylic acids is 2. The summed E-state index contributed by atoms with van der Waals surface area (Å²) in [6, 6.07) is 11.2. The molecule has 0 spiro atoms. The van der Waals surface area contributed by atoms with Crippen molar-refractivity contribution in [3.8, 4) is 5.69 Å². The first kappa shape index (κ1) is 20.7. The second-order valence-electron chi connectivity index (χ2n) is 6.42. The molecule has 1 amide bonds. The van der Waals surface area contributed by atoms with Crippen molar-refractivity contribution in [1.82, 2.24) is 14.9 Å². The summed E-state index contributed by atoms with van der Waals surface area (Å²) in [4.78, 5) is 24.1. The smallest absolute Gasteiger partial charge is 0.316 e. The third-order valence-electron chi connectivity index (χ3n) is 4.11. The van der Waals surface area contributed by atoms with E-state index < -0.39 is 11.9 Å². The van der Waals surface area contributed by atoms with E-state index in [1.165, 1.54) is 11.8 Å². The van der Waals surface area contributed by atoms with Gasteiger partial charge in [0.2, 0.25) is 0 Å². The molecule has 0 aliphatic rings. The van der Waals surface area contributed by atoms with E-state index in [2.05, 4.69) is 15.6 Å². The fourth-order valence-electron chi connectivity index (χ4n) is 2.67. The van der Waals surface area contributed by atoms with Gasteiger partial charge in [-0.05, 0) is 32.9 Å². The summed E-state index contributed by atoms with van der Waals surface area (Å²) < 4.78 is 11.8. The zero-order chi connectivity index (χ0) is 20.8. The fourth-order valence-corrected chi connectivity index (χ4v) is 3.63. The van der Waals surface area contributed by atoms with Gasteiger partial charge in [0, 0.05) is 17.4 Å². The third kappa shape index (κ3) is 5.47. The van der Waals surface area contributed by atoms with Gasteiger partial charge in [-0.2, -0.15) is 5.10 Å². The van der Waals surface area contributed by atoms with Crippen LogP contribution in [0.15, 0.2) is 40.9 Å². The lowest BCUT2D eigenvalue weighted by Crippen LogP contribution is -2.23. The van der Waals surface area contributed by atoms with Gasteiger partial charge in [-0.1, -0.05) is 23.4 Å². The van der Waals surface area contributed by atoms with E-state index in [-0.39, 0.29) is 12.4 Å². The highest BCUT2D eigenvalue weighted by Crippen LogP contribution is 2.20. The van der Waals surface area contributed by atoms with E-state index in [0.29, 0.717) is 11.6 Å². The van der Waals surface area contributed by atoms with Gasteiger partial charge < -0.3 is 14.6 Å². The molecule has 2 heterocycles. The van der Waals surface area contributed by atoms with Crippen molar-refractivity contribution in [3.05, 3.63) is 59.1 Å². The first-order valence-electron chi connectivity index (χ1n) is 9.01. The van der Waals surface area contributed by atoms with Gasteiger partial charge in [0.15, 0.2) is 6.61 Å². The summed E-state index contributed by atoms with van der Waals surface area (Å²) in [5.41, 5.74) is 3.37. The number of amides is 1. The molecule has 0 fully saturated rings. The van der Waals surface area contributed by atoms with Gasteiger partial charge in [-0.15, -0.1) is 11.8 Å². The number of para-hydroxylation sites is 1. The van der Waals surface area contributed by atoms with Gasteiger partial charge >= 0.3 is 5.97 Å². The van der Waals surface area contributed by atoms with Gasteiger partial charge in [0.05, 0.1) is 22.8 Å².